The maximum atomic E-state index is 5.76. The van der Waals surface area contributed by atoms with Gasteiger partial charge in [0.1, 0.15) is 12.1 Å². The molecule has 0 fully saturated rings. The standard InChI is InChI=1S/C13H11BrN4S/c14-12-4-2-9(19-12)6-16-13-10-3-1-8(15)5-11(10)17-7-18-13/h1-5,7H,6,15H2,(H,16,17,18). The fraction of sp³-hybridized carbons (Fsp3) is 0.0769. The van der Waals surface area contributed by atoms with E-state index in [1.54, 1.807) is 17.7 Å². The first kappa shape index (κ1) is 12.4. The van der Waals surface area contributed by atoms with Crippen molar-refractivity contribution in [1.29, 1.82) is 0 Å². The third-order valence-electron chi connectivity index (χ3n) is 2.72. The van der Waals surface area contributed by atoms with Gasteiger partial charge < -0.3 is 11.1 Å². The topological polar surface area (TPSA) is 63.8 Å². The van der Waals surface area contributed by atoms with Gasteiger partial charge >= 0.3 is 0 Å². The quantitative estimate of drug-likeness (QED) is 0.717. The van der Waals surface area contributed by atoms with E-state index in [4.69, 9.17) is 5.73 Å². The van der Waals surface area contributed by atoms with Gasteiger partial charge in [0.25, 0.3) is 0 Å². The molecule has 0 saturated heterocycles. The van der Waals surface area contributed by atoms with Crippen molar-refractivity contribution < 1.29 is 0 Å². The van der Waals surface area contributed by atoms with Crippen LogP contribution >= 0.6 is 27.3 Å². The molecule has 2 heterocycles. The number of rotatable bonds is 3. The molecular weight excluding hydrogens is 324 g/mol. The van der Waals surface area contributed by atoms with Gasteiger partial charge in [-0.15, -0.1) is 11.3 Å². The van der Waals surface area contributed by atoms with Crippen LogP contribution in [0.1, 0.15) is 4.88 Å². The van der Waals surface area contributed by atoms with Gasteiger partial charge in [0.2, 0.25) is 0 Å². The molecule has 3 N–H and O–H groups in total. The van der Waals surface area contributed by atoms with Crippen LogP contribution in [0.4, 0.5) is 11.5 Å². The van der Waals surface area contributed by atoms with Crippen molar-refractivity contribution in [3.63, 3.8) is 0 Å². The number of hydrogen-bond donors (Lipinski definition) is 2. The first-order valence-electron chi connectivity index (χ1n) is 5.71. The maximum Gasteiger partial charge on any atom is 0.137 e. The minimum atomic E-state index is 0.708. The number of nitrogens with zero attached hydrogens (tertiary/aromatic N) is 2. The largest absolute Gasteiger partial charge is 0.399 e. The lowest BCUT2D eigenvalue weighted by atomic mass is 10.2. The first-order valence-corrected chi connectivity index (χ1v) is 7.31. The van der Waals surface area contributed by atoms with Crippen molar-refractivity contribution in [2.24, 2.45) is 0 Å². The molecule has 2 aromatic heterocycles. The van der Waals surface area contributed by atoms with Gasteiger partial charge in [-0.25, -0.2) is 9.97 Å². The molecule has 0 aliphatic heterocycles. The molecule has 0 spiro atoms. The van der Waals surface area contributed by atoms with E-state index in [2.05, 4.69) is 37.3 Å². The highest BCUT2D eigenvalue weighted by atomic mass is 79.9. The SMILES string of the molecule is Nc1ccc2c(NCc3ccc(Br)s3)ncnc2c1. The van der Waals surface area contributed by atoms with Gasteiger partial charge in [-0.2, -0.15) is 0 Å². The molecule has 1 aromatic carbocycles. The summed E-state index contributed by atoms with van der Waals surface area (Å²) >= 11 is 5.16. The molecule has 3 aromatic rings. The molecule has 0 bridgehead atoms. The lowest BCUT2D eigenvalue weighted by Crippen LogP contribution is -2.01. The van der Waals surface area contributed by atoms with Crippen LogP contribution in [0.15, 0.2) is 40.4 Å². The maximum absolute atomic E-state index is 5.76. The molecule has 0 saturated carbocycles. The molecule has 19 heavy (non-hydrogen) atoms. The van der Waals surface area contributed by atoms with Crippen molar-refractivity contribution in [3.8, 4) is 0 Å². The smallest absolute Gasteiger partial charge is 0.137 e. The lowest BCUT2D eigenvalue weighted by molar-refractivity contribution is 1.13. The molecule has 0 aliphatic rings. The summed E-state index contributed by atoms with van der Waals surface area (Å²) in [6, 6.07) is 9.78. The fourth-order valence-corrected chi connectivity index (χ4v) is 3.26. The van der Waals surface area contributed by atoms with Crippen molar-refractivity contribution in [2.45, 2.75) is 6.54 Å². The summed E-state index contributed by atoms with van der Waals surface area (Å²) in [6.45, 7) is 0.743. The predicted octanol–water partition coefficient (Wildman–Crippen LogP) is 3.65. The van der Waals surface area contributed by atoms with Gasteiger partial charge in [-0.05, 0) is 46.3 Å². The number of anilines is 2. The first-order chi connectivity index (χ1) is 9.22. The van der Waals surface area contributed by atoms with E-state index in [9.17, 15) is 0 Å². The Morgan fingerprint density at radius 2 is 2.11 bits per heavy atom. The Kier molecular flexibility index (Phi) is 3.35. The summed E-state index contributed by atoms with van der Waals surface area (Å²) < 4.78 is 1.13. The number of benzene rings is 1. The summed E-state index contributed by atoms with van der Waals surface area (Å²) in [7, 11) is 0. The minimum Gasteiger partial charge on any atom is -0.399 e. The Hall–Kier alpha value is -1.66. The second kappa shape index (κ2) is 5.14. The summed E-state index contributed by atoms with van der Waals surface area (Å²) in [5.41, 5.74) is 7.32. The van der Waals surface area contributed by atoms with Crippen molar-refractivity contribution in [1.82, 2.24) is 9.97 Å². The van der Waals surface area contributed by atoms with Crippen molar-refractivity contribution in [2.75, 3.05) is 11.1 Å². The Balaban J connectivity index is 1.88. The van der Waals surface area contributed by atoms with Crippen LogP contribution in [0.5, 0.6) is 0 Å². The Morgan fingerprint density at radius 3 is 2.89 bits per heavy atom. The zero-order valence-corrected chi connectivity index (χ0v) is 12.3. The Bertz CT molecular complexity index is 725. The number of nitrogen functional groups attached to an aromatic ring is 1. The number of hydrogen-bond acceptors (Lipinski definition) is 5. The van der Waals surface area contributed by atoms with E-state index in [0.717, 1.165) is 27.1 Å². The second-order valence-electron chi connectivity index (χ2n) is 4.06. The molecule has 6 heteroatoms. The van der Waals surface area contributed by atoms with Crippen molar-refractivity contribution in [3.05, 3.63) is 45.3 Å². The van der Waals surface area contributed by atoms with Gasteiger partial charge in [0, 0.05) is 16.0 Å². The number of nitrogens with two attached hydrogens (primary N) is 1. The van der Waals surface area contributed by atoms with Crippen LogP contribution in [-0.2, 0) is 6.54 Å². The van der Waals surface area contributed by atoms with Crippen LogP contribution in [-0.4, -0.2) is 9.97 Å². The molecule has 96 valence electrons. The average molecular weight is 335 g/mol. The number of nitrogens with one attached hydrogen (secondary N) is 1. The van der Waals surface area contributed by atoms with Crippen LogP contribution in [0.3, 0.4) is 0 Å². The molecule has 0 atom stereocenters. The Labute approximate surface area is 122 Å². The predicted molar refractivity (Wildman–Crippen MR) is 83.3 cm³/mol. The zero-order valence-electron chi connectivity index (χ0n) is 9.93. The molecular formula is C13H11BrN4S. The third kappa shape index (κ3) is 2.69. The van der Waals surface area contributed by atoms with E-state index < -0.39 is 0 Å². The second-order valence-corrected chi connectivity index (χ2v) is 6.61. The van der Waals surface area contributed by atoms with Gasteiger partial charge in [-0.1, -0.05) is 0 Å². The molecule has 0 radical (unpaired) electrons. The fourth-order valence-electron chi connectivity index (χ4n) is 1.83. The van der Waals surface area contributed by atoms with E-state index in [1.165, 1.54) is 4.88 Å². The molecule has 0 amide bonds. The summed E-state index contributed by atoms with van der Waals surface area (Å²) in [4.78, 5) is 9.76. The lowest BCUT2D eigenvalue weighted by Gasteiger charge is -2.07. The highest BCUT2D eigenvalue weighted by Gasteiger charge is 2.04. The van der Waals surface area contributed by atoms with Crippen molar-refractivity contribution >= 4 is 49.7 Å². The van der Waals surface area contributed by atoms with E-state index in [1.807, 2.05) is 24.3 Å². The Morgan fingerprint density at radius 1 is 1.21 bits per heavy atom. The number of thiophene rings is 1. The summed E-state index contributed by atoms with van der Waals surface area (Å²) in [5.74, 6) is 0.828. The highest BCUT2D eigenvalue weighted by Crippen LogP contribution is 2.25. The van der Waals surface area contributed by atoms with E-state index >= 15 is 0 Å². The van der Waals surface area contributed by atoms with E-state index in [0.29, 0.717) is 5.69 Å². The molecule has 3 rings (SSSR count). The van der Waals surface area contributed by atoms with Crippen LogP contribution in [0.25, 0.3) is 10.9 Å². The molecule has 0 unspecified atom stereocenters. The molecule has 4 nitrogen and oxygen atoms in total. The normalized spacial score (nSPS) is 10.8. The van der Waals surface area contributed by atoms with Gasteiger partial charge in [0.15, 0.2) is 0 Å². The number of fused-ring (bicyclic) bond motifs is 1. The minimum absolute atomic E-state index is 0.708. The average Bonchev–Trinajstić information content (AvgIpc) is 2.81. The van der Waals surface area contributed by atoms with E-state index in [-0.39, 0.29) is 0 Å². The number of aromatic nitrogens is 2. The molecule has 0 aliphatic carbocycles. The highest BCUT2D eigenvalue weighted by molar-refractivity contribution is 9.11. The number of halogens is 1. The monoisotopic (exact) mass is 334 g/mol. The van der Waals surface area contributed by atoms with Crippen LogP contribution in [0.2, 0.25) is 0 Å². The summed E-state index contributed by atoms with van der Waals surface area (Å²) in [5, 5.41) is 4.31. The third-order valence-corrected chi connectivity index (χ3v) is 4.34. The summed E-state index contributed by atoms with van der Waals surface area (Å²) in [6.07, 6.45) is 1.55. The van der Waals surface area contributed by atoms with Crippen LogP contribution < -0.4 is 11.1 Å². The zero-order chi connectivity index (χ0) is 13.2. The van der Waals surface area contributed by atoms with Gasteiger partial charge in [0.05, 0.1) is 15.8 Å². The van der Waals surface area contributed by atoms with Gasteiger partial charge in [-0.3, -0.25) is 0 Å². The van der Waals surface area contributed by atoms with Crippen LogP contribution in [0, 0.1) is 0 Å².